The van der Waals surface area contributed by atoms with Crippen molar-refractivity contribution >= 4 is 37.5 Å². The van der Waals surface area contributed by atoms with Gasteiger partial charge in [-0.05, 0) is 35.7 Å². The number of amides is 1. The van der Waals surface area contributed by atoms with Gasteiger partial charge >= 0.3 is 0 Å². The lowest BCUT2D eigenvalue weighted by molar-refractivity contribution is -0.120. The van der Waals surface area contributed by atoms with Crippen molar-refractivity contribution in [2.24, 2.45) is 0 Å². The fraction of sp³-hybridized carbons (Fsp3) is 0.278. The van der Waals surface area contributed by atoms with Crippen molar-refractivity contribution in [2.45, 2.75) is 12.8 Å². The summed E-state index contributed by atoms with van der Waals surface area (Å²) in [5.41, 5.74) is 2.68. The van der Waals surface area contributed by atoms with Crippen LogP contribution in [0.4, 0.5) is 5.69 Å². The highest BCUT2D eigenvalue weighted by atomic mass is 79.9. The number of fused-ring (bicyclic) bond motifs is 1. The van der Waals surface area contributed by atoms with Crippen molar-refractivity contribution in [3.63, 3.8) is 0 Å². The Kier molecular flexibility index (Phi) is 5.44. The largest absolute Gasteiger partial charge is 0.355 e. The Bertz CT molecular complexity index is 883. The number of hydrogen-bond donors (Lipinski definition) is 1. The first kappa shape index (κ1) is 17.9. The van der Waals surface area contributed by atoms with E-state index < -0.39 is 10.0 Å². The third-order valence-electron chi connectivity index (χ3n) is 4.12. The number of carbonyl (C=O) groups is 1. The van der Waals surface area contributed by atoms with E-state index in [4.69, 9.17) is 0 Å². The first-order chi connectivity index (χ1) is 12.0. The third kappa shape index (κ3) is 4.41. The molecule has 2 aromatic carbocycles. The summed E-state index contributed by atoms with van der Waals surface area (Å²) in [5.74, 6) is -0.291. The molecule has 1 heterocycles. The van der Waals surface area contributed by atoms with Crippen LogP contribution in [0.15, 0.2) is 53.0 Å². The Balaban J connectivity index is 1.54. The molecule has 3 rings (SSSR count). The molecule has 132 valence electrons. The molecule has 0 bridgehead atoms. The van der Waals surface area contributed by atoms with Gasteiger partial charge in [-0.2, -0.15) is 0 Å². The molecule has 7 heteroatoms. The number of para-hydroxylation sites is 1. The van der Waals surface area contributed by atoms with E-state index in [1.54, 1.807) is 0 Å². The Labute approximate surface area is 156 Å². The fourth-order valence-corrected chi connectivity index (χ4v) is 4.80. The number of anilines is 1. The quantitative estimate of drug-likeness (QED) is 0.777. The minimum atomic E-state index is -3.44. The normalized spacial score (nSPS) is 13.6. The molecule has 0 aliphatic carbocycles. The monoisotopic (exact) mass is 422 g/mol. The van der Waals surface area contributed by atoms with Gasteiger partial charge < -0.3 is 5.32 Å². The number of nitrogens with one attached hydrogen (secondary N) is 1. The van der Waals surface area contributed by atoms with Gasteiger partial charge in [0.05, 0.1) is 17.9 Å². The van der Waals surface area contributed by atoms with Gasteiger partial charge in [0.25, 0.3) is 0 Å². The lowest BCUT2D eigenvalue weighted by Crippen LogP contribution is -2.37. The maximum absolute atomic E-state index is 12.5. The summed E-state index contributed by atoms with van der Waals surface area (Å²) in [6, 6.07) is 15.0. The second-order valence-electron chi connectivity index (χ2n) is 5.92. The lowest BCUT2D eigenvalue weighted by Gasteiger charge is -2.19. The Morgan fingerprint density at radius 2 is 1.96 bits per heavy atom. The number of carbonyl (C=O) groups excluding carboxylic acids is 1. The summed E-state index contributed by atoms with van der Waals surface area (Å²) in [4.78, 5) is 12.0. The molecule has 0 unspecified atom stereocenters. The molecule has 25 heavy (non-hydrogen) atoms. The highest BCUT2D eigenvalue weighted by molar-refractivity contribution is 9.10. The summed E-state index contributed by atoms with van der Waals surface area (Å²) >= 11 is 3.37. The molecule has 0 atom stereocenters. The van der Waals surface area contributed by atoms with E-state index in [0.717, 1.165) is 27.7 Å². The average Bonchev–Trinajstić information content (AvgIpc) is 2.99. The van der Waals surface area contributed by atoms with E-state index in [2.05, 4.69) is 21.2 Å². The summed E-state index contributed by atoms with van der Waals surface area (Å²) in [6.07, 6.45) is 0.955. The zero-order valence-electron chi connectivity index (χ0n) is 13.6. The highest BCUT2D eigenvalue weighted by Gasteiger charge is 2.28. The number of halogens is 1. The number of nitrogens with zero attached hydrogens (tertiary/aromatic N) is 1. The summed E-state index contributed by atoms with van der Waals surface area (Å²) in [5, 5.41) is 2.69. The topological polar surface area (TPSA) is 66.5 Å². The van der Waals surface area contributed by atoms with E-state index in [1.165, 1.54) is 4.31 Å². The molecular weight excluding hydrogens is 404 g/mol. The predicted octanol–water partition coefficient (Wildman–Crippen LogP) is 2.50. The molecule has 0 spiro atoms. The van der Waals surface area contributed by atoms with E-state index >= 15 is 0 Å². The van der Waals surface area contributed by atoms with Crippen LogP contribution in [-0.4, -0.2) is 33.2 Å². The fourth-order valence-electron chi connectivity index (χ4n) is 2.92. The summed E-state index contributed by atoms with van der Waals surface area (Å²) in [6.45, 7) is 0.571. The minimum absolute atomic E-state index is 0.105. The van der Waals surface area contributed by atoms with Crippen molar-refractivity contribution in [1.29, 1.82) is 0 Å². The average molecular weight is 423 g/mol. The molecule has 1 aliphatic heterocycles. The lowest BCUT2D eigenvalue weighted by atomic mass is 10.1. The standard InChI is InChI=1S/C18H19BrN2O3S/c19-16-6-3-4-14(12-16)13-18(22)20-9-11-25(23,24)21-10-8-15-5-1-2-7-17(15)21/h1-7,12H,8-11,13H2,(H,20,22). The van der Waals surface area contributed by atoms with Crippen molar-refractivity contribution in [3.05, 3.63) is 64.1 Å². The molecule has 0 saturated carbocycles. The number of hydrogen-bond acceptors (Lipinski definition) is 3. The van der Waals surface area contributed by atoms with Gasteiger partial charge in [0, 0.05) is 17.6 Å². The number of benzene rings is 2. The van der Waals surface area contributed by atoms with E-state index in [1.807, 2.05) is 48.5 Å². The molecule has 5 nitrogen and oxygen atoms in total. The van der Waals surface area contributed by atoms with Crippen molar-refractivity contribution in [1.82, 2.24) is 5.32 Å². The van der Waals surface area contributed by atoms with Crippen LogP contribution in [0.2, 0.25) is 0 Å². The van der Waals surface area contributed by atoms with Crippen molar-refractivity contribution in [3.8, 4) is 0 Å². The van der Waals surface area contributed by atoms with E-state index in [9.17, 15) is 13.2 Å². The second kappa shape index (κ2) is 7.58. The van der Waals surface area contributed by atoms with Crippen LogP contribution in [0.3, 0.4) is 0 Å². The van der Waals surface area contributed by atoms with Gasteiger partial charge in [0.1, 0.15) is 0 Å². The van der Waals surface area contributed by atoms with Crippen LogP contribution >= 0.6 is 15.9 Å². The van der Waals surface area contributed by atoms with Crippen LogP contribution in [-0.2, 0) is 27.7 Å². The molecule has 1 amide bonds. The molecular formula is C18H19BrN2O3S. The Hall–Kier alpha value is -1.86. The Morgan fingerprint density at radius 1 is 1.16 bits per heavy atom. The molecule has 0 radical (unpaired) electrons. The van der Waals surface area contributed by atoms with Gasteiger partial charge in [0.2, 0.25) is 15.9 Å². The zero-order valence-corrected chi connectivity index (χ0v) is 16.0. The molecule has 1 aliphatic rings. The number of sulfonamides is 1. The summed E-state index contributed by atoms with van der Waals surface area (Å²) in [7, 11) is -3.44. The van der Waals surface area contributed by atoms with Crippen LogP contribution in [0.5, 0.6) is 0 Å². The van der Waals surface area contributed by atoms with E-state index in [0.29, 0.717) is 6.54 Å². The van der Waals surface area contributed by atoms with Gasteiger partial charge in [-0.3, -0.25) is 9.10 Å². The smallest absolute Gasteiger partial charge is 0.236 e. The van der Waals surface area contributed by atoms with Crippen LogP contribution in [0.25, 0.3) is 0 Å². The first-order valence-corrected chi connectivity index (χ1v) is 10.5. The highest BCUT2D eigenvalue weighted by Crippen LogP contribution is 2.29. The minimum Gasteiger partial charge on any atom is -0.355 e. The Morgan fingerprint density at radius 3 is 2.76 bits per heavy atom. The molecule has 0 aromatic heterocycles. The van der Waals surface area contributed by atoms with Gasteiger partial charge in [-0.1, -0.05) is 46.3 Å². The van der Waals surface area contributed by atoms with E-state index in [-0.39, 0.29) is 24.6 Å². The van der Waals surface area contributed by atoms with Crippen molar-refractivity contribution < 1.29 is 13.2 Å². The second-order valence-corrected chi connectivity index (χ2v) is 8.85. The first-order valence-electron chi connectivity index (χ1n) is 8.05. The summed E-state index contributed by atoms with van der Waals surface area (Å²) < 4.78 is 27.5. The predicted molar refractivity (Wildman–Crippen MR) is 102 cm³/mol. The zero-order chi connectivity index (χ0) is 17.9. The molecule has 0 saturated heterocycles. The maximum atomic E-state index is 12.5. The van der Waals surface area contributed by atoms with Gasteiger partial charge in [-0.25, -0.2) is 8.42 Å². The number of rotatable bonds is 6. The maximum Gasteiger partial charge on any atom is 0.236 e. The van der Waals surface area contributed by atoms with Crippen molar-refractivity contribution in [2.75, 3.05) is 23.1 Å². The molecule has 2 aromatic rings. The molecule has 0 fully saturated rings. The molecule has 1 N–H and O–H groups in total. The van der Waals surface area contributed by atoms with Gasteiger partial charge in [-0.15, -0.1) is 0 Å². The van der Waals surface area contributed by atoms with Crippen LogP contribution < -0.4 is 9.62 Å². The van der Waals surface area contributed by atoms with Crippen LogP contribution in [0, 0.1) is 0 Å². The SMILES string of the molecule is O=C(Cc1cccc(Br)c1)NCCS(=O)(=O)N1CCc2ccccc21. The van der Waals surface area contributed by atoms with Gasteiger partial charge in [0.15, 0.2) is 0 Å². The van der Waals surface area contributed by atoms with Crippen LogP contribution in [0.1, 0.15) is 11.1 Å². The third-order valence-corrected chi connectivity index (χ3v) is 6.38.